The van der Waals surface area contributed by atoms with Crippen LogP contribution in [0.2, 0.25) is 0 Å². The summed E-state index contributed by atoms with van der Waals surface area (Å²) in [7, 11) is 1.67. The smallest absolute Gasteiger partial charge is 0.254 e. The van der Waals surface area contributed by atoms with E-state index in [1.54, 1.807) is 7.11 Å². The molecule has 3 N–H and O–H groups in total. The maximum atomic E-state index is 12.6. The van der Waals surface area contributed by atoms with Gasteiger partial charge in [-0.05, 0) is 37.1 Å². The van der Waals surface area contributed by atoms with Crippen LogP contribution >= 0.6 is 0 Å². The average molecular weight is 359 g/mol. The minimum atomic E-state index is -0.225. The highest BCUT2D eigenvalue weighted by molar-refractivity contribution is 5.97. The fraction of sp³-hybridized carbons (Fsp3) is 0.500. The molecule has 8 nitrogen and oxygen atoms in total. The molecule has 0 saturated carbocycles. The molecule has 140 valence electrons. The number of nitrogens with one attached hydrogen (secondary N) is 3. The Morgan fingerprint density at radius 3 is 2.54 bits per heavy atom. The molecule has 0 aliphatic carbocycles. The van der Waals surface area contributed by atoms with E-state index in [4.69, 9.17) is 9.47 Å². The number of hydrogen-bond acceptors (Lipinski definition) is 7. The van der Waals surface area contributed by atoms with E-state index in [1.807, 2.05) is 37.2 Å². The molecule has 4 rings (SSSR count). The Bertz CT molecular complexity index is 721. The van der Waals surface area contributed by atoms with Gasteiger partial charge in [0.15, 0.2) is 0 Å². The summed E-state index contributed by atoms with van der Waals surface area (Å²) in [6.45, 7) is 7.04. The van der Waals surface area contributed by atoms with Crippen LogP contribution in [0.15, 0.2) is 23.9 Å². The summed E-state index contributed by atoms with van der Waals surface area (Å²) in [6, 6.07) is 3.99. The van der Waals surface area contributed by atoms with Crippen LogP contribution in [0.4, 0.5) is 5.69 Å². The first-order valence-electron chi connectivity index (χ1n) is 8.88. The number of anilines is 1. The molecule has 1 aromatic carbocycles. The molecule has 3 heterocycles. The molecule has 26 heavy (non-hydrogen) atoms. The second kappa shape index (κ2) is 6.88. The number of hydrogen-bond donors (Lipinski definition) is 3. The lowest BCUT2D eigenvalue weighted by molar-refractivity contribution is -0.123. The summed E-state index contributed by atoms with van der Waals surface area (Å²) in [4.78, 5) is 14.8. The van der Waals surface area contributed by atoms with E-state index in [2.05, 4.69) is 21.0 Å². The van der Waals surface area contributed by atoms with Gasteiger partial charge < -0.3 is 14.8 Å². The van der Waals surface area contributed by atoms with E-state index in [1.165, 1.54) is 0 Å². The number of nitrogens with zero attached hydrogens (tertiary/aromatic N) is 2. The van der Waals surface area contributed by atoms with Gasteiger partial charge in [0.1, 0.15) is 18.2 Å². The van der Waals surface area contributed by atoms with E-state index >= 15 is 0 Å². The SMILES string of the molecule is COc1cc(C)c(N2C=C3C(=O)NC(N4CCOCC4)NC3N2)c(C)c1. The highest BCUT2D eigenvalue weighted by atomic mass is 16.5. The van der Waals surface area contributed by atoms with Crippen LogP contribution in [-0.4, -0.2) is 56.7 Å². The molecule has 2 atom stereocenters. The van der Waals surface area contributed by atoms with Crippen LogP contribution in [0.25, 0.3) is 0 Å². The van der Waals surface area contributed by atoms with Crippen molar-refractivity contribution in [1.82, 2.24) is 21.0 Å². The Kier molecular flexibility index (Phi) is 4.58. The molecule has 8 heteroatoms. The summed E-state index contributed by atoms with van der Waals surface area (Å²) in [5.74, 6) is 0.778. The summed E-state index contributed by atoms with van der Waals surface area (Å²) in [6.07, 6.45) is 1.45. The second-order valence-corrected chi connectivity index (χ2v) is 6.82. The van der Waals surface area contributed by atoms with E-state index in [-0.39, 0.29) is 18.4 Å². The summed E-state index contributed by atoms with van der Waals surface area (Å²) < 4.78 is 10.7. The normalized spacial score (nSPS) is 26.3. The highest BCUT2D eigenvalue weighted by Gasteiger charge is 2.39. The molecule has 0 radical (unpaired) electrons. The number of hydrazine groups is 1. The minimum Gasteiger partial charge on any atom is -0.497 e. The average Bonchev–Trinajstić information content (AvgIpc) is 3.06. The van der Waals surface area contributed by atoms with Crippen LogP contribution < -0.4 is 25.8 Å². The molecule has 0 aromatic heterocycles. The third kappa shape index (κ3) is 3.05. The van der Waals surface area contributed by atoms with Crippen molar-refractivity contribution in [3.8, 4) is 5.75 Å². The van der Waals surface area contributed by atoms with Gasteiger partial charge in [-0.1, -0.05) is 0 Å². The Morgan fingerprint density at radius 1 is 1.19 bits per heavy atom. The van der Waals surface area contributed by atoms with E-state index in [0.717, 1.165) is 35.7 Å². The van der Waals surface area contributed by atoms with Crippen molar-refractivity contribution in [2.75, 3.05) is 38.4 Å². The maximum absolute atomic E-state index is 12.6. The van der Waals surface area contributed by atoms with Crippen molar-refractivity contribution in [2.45, 2.75) is 26.3 Å². The lowest BCUT2D eigenvalue weighted by Gasteiger charge is -2.40. The number of amides is 1. The molecule has 2 fully saturated rings. The Balaban J connectivity index is 1.55. The van der Waals surface area contributed by atoms with Crippen LogP contribution in [0.3, 0.4) is 0 Å². The lowest BCUT2D eigenvalue weighted by Crippen LogP contribution is -2.68. The molecule has 3 aliphatic rings. The molecule has 2 saturated heterocycles. The second-order valence-electron chi connectivity index (χ2n) is 6.82. The van der Waals surface area contributed by atoms with Crippen molar-refractivity contribution in [1.29, 1.82) is 0 Å². The minimum absolute atomic E-state index is 0.0518. The summed E-state index contributed by atoms with van der Waals surface area (Å²) in [5.41, 5.74) is 7.27. The van der Waals surface area contributed by atoms with Crippen molar-refractivity contribution in [3.63, 3.8) is 0 Å². The number of carbonyl (C=O) groups excluding carboxylic acids is 1. The molecule has 0 spiro atoms. The number of aryl methyl sites for hydroxylation is 2. The number of benzene rings is 1. The first-order valence-corrected chi connectivity index (χ1v) is 8.88. The van der Waals surface area contributed by atoms with Crippen LogP contribution in [0, 0.1) is 13.8 Å². The summed E-state index contributed by atoms with van der Waals surface area (Å²) in [5, 5.41) is 8.44. The number of ether oxygens (including phenoxy) is 2. The molecule has 2 unspecified atom stereocenters. The molecular formula is C18H25N5O3. The fourth-order valence-corrected chi connectivity index (χ4v) is 3.76. The lowest BCUT2D eigenvalue weighted by atomic mass is 10.1. The van der Waals surface area contributed by atoms with Gasteiger partial charge in [0.05, 0.1) is 31.6 Å². The standard InChI is InChI=1S/C18H25N5O3/c1-11-8-13(25-3)9-12(2)15(11)23-10-14-16(21-23)19-18(20-17(14)24)22-4-6-26-7-5-22/h8-10,16,18-19,21H,4-7H2,1-3H3,(H,20,24). The molecule has 1 aromatic rings. The third-order valence-electron chi connectivity index (χ3n) is 5.05. The molecular weight excluding hydrogens is 334 g/mol. The summed E-state index contributed by atoms with van der Waals surface area (Å²) >= 11 is 0. The number of methoxy groups -OCH3 is 1. The Hall–Kier alpha value is -2.13. The van der Waals surface area contributed by atoms with Gasteiger partial charge in [0.2, 0.25) is 0 Å². The predicted octanol–water partition coefficient (Wildman–Crippen LogP) is 0.182. The number of carbonyl (C=O) groups is 1. The van der Waals surface area contributed by atoms with Crippen molar-refractivity contribution in [2.24, 2.45) is 0 Å². The topological polar surface area (TPSA) is 78.1 Å². The number of rotatable bonds is 3. The zero-order chi connectivity index (χ0) is 18.3. The van der Waals surface area contributed by atoms with Gasteiger partial charge in [0.25, 0.3) is 5.91 Å². The third-order valence-corrected chi connectivity index (χ3v) is 5.05. The van der Waals surface area contributed by atoms with Crippen LogP contribution in [-0.2, 0) is 9.53 Å². The number of fused-ring (bicyclic) bond motifs is 1. The first kappa shape index (κ1) is 17.3. The van der Waals surface area contributed by atoms with E-state index in [0.29, 0.717) is 18.8 Å². The maximum Gasteiger partial charge on any atom is 0.254 e. The van der Waals surface area contributed by atoms with Crippen molar-refractivity contribution >= 4 is 11.6 Å². The van der Waals surface area contributed by atoms with Gasteiger partial charge in [-0.25, -0.2) is 5.43 Å². The van der Waals surface area contributed by atoms with E-state index < -0.39 is 0 Å². The molecule has 3 aliphatic heterocycles. The predicted molar refractivity (Wildman–Crippen MR) is 97.4 cm³/mol. The Morgan fingerprint density at radius 2 is 1.88 bits per heavy atom. The van der Waals surface area contributed by atoms with Crippen LogP contribution in [0.1, 0.15) is 11.1 Å². The van der Waals surface area contributed by atoms with Gasteiger partial charge in [0, 0.05) is 19.3 Å². The van der Waals surface area contributed by atoms with E-state index in [9.17, 15) is 4.79 Å². The van der Waals surface area contributed by atoms with Gasteiger partial charge in [-0.15, -0.1) is 0 Å². The van der Waals surface area contributed by atoms with Crippen LogP contribution in [0.5, 0.6) is 5.75 Å². The molecule has 0 bridgehead atoms. The molecule has 1 amide bonds. The zero-order valence-corrected chi connectivity index (χ0v) is 15.3. The van der Waals surface area contributed by atoms with Crippen molar-refractivity contribution < 1.29 is 14.3 Å². The Labute approximate surface area is 153 Å². The first-order chi connectivity index (χ1) is 12.6. The fourth-order valence-electron chi connectivity index (χ4n) is 3.76. The quantitative estimate of drug-likeness (QED) is 0.711. The number of morpholine rings is 1. The monoisotopic (exact) mass is 359 g/mol. The highest BCUT2D eigenvalue weighted by Crippen LogP contribution is 2.31. The van der Waals surface area contributed by atoms with Gasteiger partial charge in [-0.2, -0.15) is 0 Å². The largest absolute Gasteiger partial charge is 0.497 e. The van der Waals surface area contributed by atoms with Crippen molar-refractivity contribution in [3.05, 3.63) is 35.0 Å². The van der Waals surface area contributed by atoms with Gasteiger partial charge in [-0.3, -0.25) is 20.0 Å². The zero-order valence-electron chi connectivity index (χ0n) is 15.3. The van der Waals surface area contributed by atoms with Gasteiger partial charge >= 0.3 is 0 Å².